The predicted octanol–water partition coefficient (Wildman–Crippen LogP) is 2.94. The molecule has 1 aliphatic heterocycles. The number of ether oxygens (including phenoxy) is 2. The quantitative estimate of drug-likeness (QED) is 0.877. The molecule has 0 saturated carbocycles. The van der Waals surface area contributed by atoms with Crippen molar-refractivity contribution < 1.29 is 23.8 Å². The van der Waals surface area contributed by atoms with Gasteiger partial charge in [0.25, 0.3) is 0 Å². The summed E-state index contributed by atoms with van der Waals surface area (Å²) in [6.07, 6.45) is 3.09. The number of carboxylic acid groups (broad SMARTS) is 1. The molecule has 6 nitrogen and oxygen atoms in total. The summed E-state index contributed by atoms with van der Waals surface area (Å²) in [5, 5.41) is 9.54. The number of rotatable bonds is 6. The molecule has 3 rings (SSSR count). The van der Waals surface area contributed by atoms with Crippen LogP contribution in [0.4, 0.5) is 0 Å². The Morgan fingerprint density at radius 2 is 2.08 bits per heavy atom. The number of hydrogen-bond acceptors (Lipinski definition) is 5. The zero-order valence-corrected chi connectivity index (χ0v) is 13.8. The molecule has 1 saturated heterocycles. The fraction of sp³-hybridized carbons (Fsp3) is 0.389. The summed E-state index contributed by atoms with van der Waals surface area (Å²) in [6.45, 7) is 0.705. The van der Waals surface area contributed by atoms with E-state index in [1.807, 2.05) is 35.2 Å². The highest BCUT2D eigenvalue weighted by Crippen LogP contribution is 2.38. The number of benzene rings is 1. The molecule has 1 aliphatic rings. The van der Waals surface area contributed by atoms with Gasteiger partial charge in [-0.3, -0.25) is 9.69 Å². The summed E-state index contributed by atoms with van der Waals surface area (Å²) in [7, 11) is 3.17. The van der Waals surface area contributed by atoms with Crippen molar-refractivity contribution in [3.05, 3.63) is 47.9 Å². The van der Waals surface area contributed by atoms with Crippen molar-refractivity contribution >= 4 is 5.97 Å². The molecule has 0 bridgehead atoms. The van der Waals surface area contributed by atoms with Crippen LogP contribution < -0.4 is 9.47 Å². The van der Waals surface area contributed by atoms with Gasteiger partial charge >= 0.3 is 5.97 Å². The number of likely N-dealkylation sites (tertiary alicyclic amines) is 1. The minimum atomic E-state index is -0.801. The summed E-state index contributed by atoms with van der Waals surface area (Å²) in [5.74, 6) is 1.16. The number of methoxy groups -OCH3 is 2. The van der Waals surface area contributed by atoms with E-state index >= 15 is 0 Å². The first-order valence-electron chi connectivity index (χ1n) is 7.89. The number of aliphatic carboxylic acids is 1. The minimum absolute atomic E-state index is 0.275. The lowest BCUT2D eigenvalue weighted by atomic mass is 10.0. The lowest BCUT2D eigenvalue weighted by Crippen LogP contribution is -2.39. The second-order valence-electron chi connectivity index (χ2n) is 5.77. The van der Waals surface area contributed by atoms with E-state index in [0.29, 0.717) is 24.5 Å². The third kappa shape index (κ3) is 2.97. The molecule has 24 heavy (non-hydrogen) atoms. The molecule has 128 valence electrons. The van der Waals surface area contributed by atoms with Crippen LogP contribution in [0.5, 0.6) is 11.5 Å². The van der Waals surface area contributed by atoms with Crippen LogP contribution >= 0.6 is 0 Å². The van der Waals surface area contributed by atoms with Gasteiger partial charge in [0.05, 0.1) is 26.5 Å². The minimum Gasteiger partial charge on any atom is -0.493 e. The van der Waals surface area contributed by atoms with Crippen molar-refractivity contribution in [3.8, 4) is 11.5 Å². The van der Waals surface area contributed by atoms with Gasteiger partial charge in [-0.15, -0.1) is 0 Å². The van der Waals surface area contributed by atoms with E-state index < -0.39 is 12.0 Å². The Balaban J connectivity index is 2.04. The largest absolute Gasteiger partial charge is 0.493 e. The van der Waals surface area contributed by atoms with Gasteiger partial charge in [0.15, 0.2) is 11.5 Å². The van der Waals surface area contributed by atoms with E-state index in [1.54, 1.807) is 20.5 Å². The Morgan fingerprint density at radius 3 is 2.71 bits per heavy atom. The van der Waals surface area contributed by atoms with Crippen LogP contribution in [0.2, 0.25) is 0 Å². The van der Waals surface area contributed by atoms with E-state index in [9.17, 15) is 9.90 Å². The molecule has 6 heteroatoms. The maximum atomic E-state index is 11.6. The Morgan fingerprint density at radius 1 is 1.29 bits per heavy atom. The zero-order valence-electron chi connectivity index (χ0n) is 13.8. The van der Waals surface area contributed by atoms with Crippen molar-refractivity contribution in [1.29, 1.82) is 0 Å². The first-order chi connectivity index (χ1) is 11.7. The second kappa shape index (κ2) is 6.97. The lowest BCUT2D eigenvalue weighted by molar-refractivity contribution is -0.142. The van der Waals surface area contributed by atoms with Gasteiger partial charge in [-0.05, 0) is 42.7 Å². The van der Waals surface area contributed by atoms with E-state index in [0.717, 1.165) is 17.7 Å². The van der Waals surface area contributed by atoms with Crippen LogP contribution in [0.15, 0.2) is 41.0 Å². The maximum Gasteiger partial charge on any atom is 0.320 e. The summed E-state index contributed by atoms with van der Waals surface area (Å²) < 4.78 is 16.3. The van der Waals surface area contributed by atoms with Crippen molar-refractivity contribution in [1.82, 2.24) is 4.90 Å². The summed E-state index contributed by atoms with van der Waals surface area (Å²) >= 11 is 0. The van der Waals surface area contributed by atoms with Crippen LogP contribution in [0.25, 0.3) is 0 Å². The van der Waals surface area contributed by atoms with Gasteiger partial charge in [-0.25, -0.2) is 0 Å². The monoisotopic (exact) mass is 331 g/mol. The molecule has 2 heterocycles. The summed E-state index contributed by atoms with van der Waals surface area (Å²) in [5.41, 5.74) is 0.913. The molecule has 2 aromatic rings. The highest BCUT2D eigenvalue weighted by atomic mass is 16.5. The molecule has 2 unspecified atom stereocenters. The average molecular weight is 331 g/mol. The first kappa shape index (κ1) is 16.4. The Labute approximate surface area is 140 Å². The van der Waals surface area contributed by atoms with Gasteiger partial charge in [-0.1, -0.05) is 6.07 Å². The van der Waals surface area contributed by atoms with Crippen LogP contribution in [-0.2, 0) is 4.79 Å². The van der Waals surface area contributed by atoms with E-state index in [2.05, 4.69) is 0 Å². The van der Waals surface area contributed by atoms with Gasteiger partial charge in [-0.2, -0.15) is 0 Å². The number of carbonyl (C=O) groups is 1. The molecular formula is C18H21NO5. The van der Waals surface area contributed by atoms with Gasteiger partial charge < -0.3 is 19.0 Å². The molecule has 0 aliphatic carbocycles. The van der Waals surface area contributed by atoms with Crippen LogP contribution in [0.3, 0.4) is 0 Å². The smallest absolute Gasteiger partial charge is 0.320 e. The molecule has 1 N–H and O–H groups in total. The Hall–Kier alpha value is -2.47. The SMILES string of the molecule is COc1ccc(C(c2ccco2)N2CCCC2C(=O)O)cc1OC. The summed E-state index contributed by atoms with van der Waals surface area (Å²) in [4.78, 5) is 13.6. The van der Waals surface area contributed by atoms with Crippen molar-refractivity contribution in [3.63, 3.8) is 0 Å². The van der Waals surface area contributed by atoms with Gasteiger partial charge in [0.2, 0.25) is 0 Å². The predicted molar refractivity (Wildman–Crippen MR) is 87.5 cm³/mol. The number of hydrogen-bond donors (Lipinski definition) is 1. The zero-order chi connectivity index (χ0) is 17.1. The normalized spacial score (nSPS) is 19.2. The standard InChI is InChI=1S/C18H21NO5/c1-22-14-8-7-12(11-16(14)23-2)17(15-6-4-10-24-15)19-9-3-5-13(19)18(20)21/h4,6-8,10-11,13,17H,3,5,9H2,1-2H3,(H,20,21). The fourth-order valence-corrected chi connectivity index (χ4v) is 3.35. The highest BCUT2D eigenvalue weighted by molar-refractivity contribution is 5.74. The number of carboxylic acids is 1. The molecule has 0 amide bonds. The topological polar surface area (TPSA) is 72.1 Å². The van der Waals surface area contributed by atoms with Crippen LogP contribution in [0, 0.1) is 0 Å². The highest BCUT2D eigenvalue weighted by Gasteiger charge is 2.38. The number of furan rings is 1. The van der Waals surface area contributed by atoms with Crippen molar-refractivity contribution in [2.75, 3.05) is 20.8 Å². The van der Waals surface area contributed by atoms with Crippen LogP contribution in [0.1, 0.15) is 30.2 Å². The van der Waals surface area contributed by atoms with Crippen molar-refractivity contribution in [2.24, 2.45) is 0 Å². The van der Waals surface area contributed by atoms with Gasteiger partial charge in [0, 0.05) is 6.54 Å². The third-order valence-electron chi connectivity index (χ3n) is 4.45. The summed E-state index contributed by atoms with van der Waals surface area (Å²) in [6, 6.07) is 8.52. The number of nitrogens with zero attached hydrogens (tertiary/aromatic N) is 1. The lowest BCUT2D eigenvalue weighted by Gasteiger charge is -2.30. The molecule has 0 radical (unpaired) electrons. The third-order valence-corrected chi connectivity index (χ3v) is 4.45. The molecule has 1 fully saturated rings. The maximum absolute atomic E-state index is 11.6. The molecule has 1 aromatic heterocycles. The van der Waals surface area contributed by atoms with E-state index in [4.69, 9.17) is 13.9 Å². The van der Waals surface area contributed by atoms with Gasteiger partial charge in [0.1, 0.15) is 11.8 Å². The molecule has 1 aromatic carbocycles. The molecule has 0 spiro atoms. The molecule has 2 atom stereocenters. The van der Waals surface area contributed by atoms with Crippen molar-refractivity contribution in [2.45, 2.75) is 24.9 Å². The fourth-order valence-electron chi connectivity index (χ4n) is 3.35. The Bertz CT molecular complexity index is 697. The van der Waals surface area contributed by atoms with E-state index in [1.165, 1.54) is 0 Å². The molecular weight excluding hydrogens is 310 g/mol. The first-order valence-corrected chi connectivity index (χ1v) is 7.89. The second-order valence-corrected chi connectivity index (χ2v) is 5.77. The van der Waals surface area contributed by atoms with Crippen LogP contribution in [-0.4, -0.2) is 42.8 Å². The Kier molecular flexibility index (Phi) is 4.76. The van der Waals surface area contributed by atoms with E-state index in [-0.39, 0.29) is 6.04 Å². The average Bonchev–Trinajstić information content (AvgIpc) is 3.27.